The van der Waals surface area contributed by atoms with Gasteiger partial charge in [-0.2, -0.15) is 13.2 Å². The quantitative estimate of drug-likeness (QED) is 0.728. The minimum atomic E-state index is -4.36. The molecule has 1 fully saturated rings. The summed E-state index contributed by atoms with van der Waals surface area (Å²) in [6, 6.07) is 12.4. The molecule has 156 valence electrons. The Bertz CT molecular complexity index is 816. The van der Waals surface area contributed by atoms with Gasteiger partial charge in [0, 0.05) is 25.7 Å². The van der Waals surface area contributed by atoms with Crippen molar-refractivity contribution in [2.45, 2.75) is 31.6 Å². The molecule has 0 atom stereocenters. The molecule has 0 radical (unpaired) electrons. The van der Waals surface area contributed by atoms with Crippen molar-refractivity contribution >= 4 is 5.91 Å². The molecule has 1 saturated heterocycles. The van der Waals surface area contributed by atoms with E-state index in [0.717, 1.165) is 31.5 Å². The number of ether oxygens (including phenoxy) is 1. The van der Waals surface area contributed by atoms with Crippen molar-refractivity contribution in [2.24, 2.45) is 0 Å². The lowest BCUT2D eigenvalue weighted by molar-refractivity contribution is -0.153. The third-order valence-corrected chi connectivity index (χ3v) is 4.77. The molecule has 1 heterocycles. The average molecular weight is 410 g/mol. The zero-order chi connectivity index (χ0) is 20.9. The molecule has 0 unspecified atom stereocenters. The molecule has 0 saturated carbocycles. The standard InChI is InChI=1S/C21H22F4N2O2/c22-19-4-2-1-3-18(19)20(28)26-16-9-11-27(12-10-16)13-15-5-7-17(8-6-15)29-14-21(23,24)25/h1-8,16H,9-14H2,(H,26,28). The van der Waals surface area contributed by atoms with Crippen LogP contribution in [0.5, 0.6) is 5.75 Å². The Morgan fingerprint density at radius 3 is 2.34 bits per heavy atom. The maximum absolute atomic E-state index is 13.7. The molecule has 0 bridgehead atoms. The van der Waals surface area contributed by atoms with E-state index < -0.39 is 24.5 Å². The van der Waals surface area contributed by atoms with Crippen LogP contribution >= 0.6 is 0 Å². The molecular weight excluding hydrogens is 388 g/mol. The number of nitrogens with zero attached hydrogens (tertiary/aromatic N) is 1. The normalized spacial score (nSPS) is 15.9. The van der Waals surface area contributed by atoms with Crippen LogP contribution in [-0.4, -0.2) is 42.7 Å². The number of hydrogen-bond donors (Lipinski definition) is 1. The highest BCUT2D eigenvalue weighted by atomic mass is 19.4. The fourth-order valence-corrected chi connectivity index (χ4v) is 3.26. The van der Waals surface area contributed by atoms with Gasteiger partial charge in [0.15, 0.2) is 6.61 Å². The number of alkyl halides is 3. The maximum Gasteiger partial charge on any atom is 0.422 e. The van der Waals surface area contributed by atoms with Crippen LogP contribution in [0, 0.1) is 5.82 Å². The van der Waals surface area contributed by atoms with Gasteiger partial charge in [-0.05, 0) is 42.7 Å². The molecule has 2 aromatic carbocycles. The highest BCUT2D eigenvalue weighted by Crippen LogP contribution is 2.20. The fourth-order valence-electron chi connectivity index (χ4n) is 3.26. The zero-order valence-corrected chi connectivity index (χ0v) is 15.7. The highest BCUT2D eigenvalue weighted by molar-refractivity contribution is 5.94. The lowest BCUT2D eigenvalue weighted by Gasteiger charge is -2.32. The summed E-state index contributed by atoms with van der Waals surface area (Å²) in [5.74, 6) is -0.762. The molecule has 3 rings (SSSR count). The Labute approximate surface area is 166 Å². The predicted molar refractivity (Wildman–Crippen MR) is 100 cm³/mol. The topological polar surface area (TPSA) is 41.6 Å². The van der Waals surface area contributed by atoms with Gasteiger partial charge in [0.25, 0.3) is 5.91 Å². The summed E-state index contributed by atoms with van der Waals surface area (Å²) in [5, 5.41) is 2.88. The molecule has 1 amide bonds. The van der Waals surface area contributed by atoms with E-state index in [9.17, 15) is 22.4 Å². The van der Waals surface area contributed by atoms with E-state index in [-0.39, 0.29) is 17.4 Å². The number of carbonyl (C=O) groups is 1. The van der Waals surface area contributed by atoms with Gasteiger partial charge in [-0.25, -0.2) is 4.39 Å². The van der Waals surface area contributed by atoms with Gasteiger partial charge in [-0.3, -0.25) is 9.69 Å². The van der Waals surface area contributed by atoms with Crippen molar-refractivity contribution in [1.82, 2.24) is 10.2 Å². The number of hydrogen-bond acceptors (Lipinski definition) is 3. The van der Waals surface area contributed by atoms with Crippen molar-refractivity contribution in [3.05, 3.63) is 65.5 Å². The summed E-state index contributed by atoms with van der Waals surface area (Å²) in [4.78, 5) is 14.4. The lowest BCUT2D eigenvalue weighted by Crippen LogP contribution is -2.44. The monoisotopic (exact) mass is 410 g/mol. The molecule has 29 heavy (non-hydrogen) atoms. The molecule has 1 aliphatic heterocycles. The van der Waals surface area contributed by atoms with Gasteiger partial charge in [-0.15, -0.1) is 0 Å². The Kier molecular flexibility index (Phi) is 6.74. The maximum atomic E-state index is 13.7. The number of nitrogens with one attached hydrogen (secondary N) is 1. The van der Waals surface area contributed by atoms with Gasteiger partial charge < -0.3 is 10.1 Å². The number of halogens is 4. The smallest absolute Gasteiger partial charge is 0.422 e. The summed E-state index contributed by atoms with van der Waals surface area (Å²) in [7, 11) is 0. The Morgan fingerprint density at radius 2 is 1.72 bits per heavy atom. The first-order valence-electron chi connectivity index (χ1n) is 9.36. The fraction of sp³-hybridized carbons (Fsp3) is 0.381. The van der Waals surface area contributed by atoms with Crippen LogP contribution in [0.2, 0.25) is 0 Å². The summed E-state index contributed by atoms with van der Waals surface area (Å²) >= 11 is 0. The summed E-state index contributed by atoms with van der Waals surface area (Å²) in [6.07, 6.45) is -2.87. The average Bonchev–Trinajstić information content (AvgIpc) is 2.68. The van der Waals surface area contributed by atoms with Gasteiger partial charge in [-0.1, -0.05) is 24.3 Å². The van der Waals surface area contributed by atoms with E-state index in [2.05, 4.69) is 10.2 Å². The Hall–Kier alpha value is -2.61. The molecule has 0 aromatic heterocycles. The zero-order valence-electron chi connectivity index (χ0n) is 15.7. The van der Waals surface area contributed by atoms with E-state index in [1.807, 2.05) is 0 Å². The van der Waals surface area contributed by atoms with Gasteiger partial charge in [0.1, 0.15) is 11.6 Å². The molecule has 1 N–H and O–H groups in total. The number of likely N-dealkylation sites (tertiary alicyclic amines) is 1. The van der Waals surface area contributed by atoms with E-state index in [1.165, 1.54) is 24.3 Å². The number of benzene rings is 2. The van der Waals surface area contributed by atoms with Crippen molar-refractivity contribution in [3.8, 4) is 5.75 Å². The summed E-state index contributed by atoms with van der Waals surface area (Å²) < 4.78 is 54.9. The largest absolute Gasteiger partial charge is 0.484 e. The predicted octanol–water partition coefficient (Wildman–Crippen LogP) is 4.16. The first-order valence-corrected chi connectivity index (χ1v) is 9.36. The number of piperidine rings is 1. The minimum Gasteiger partial charge on any atom is -0.484 e. The van der Waals surface area contributed by atoms with Crippen LogP contribution in [0.15, 0.2) is 48.5 Å². The van der Waals surface area contributed by atoms with Gasteiger partial charge in [0.05, 0.1) is 5.56 Å². The van der Waals surface area contributed by atoms with Crippen LogP contribution in [-0.2, 0) is 6.54 Å². The first kappa shape index (κ1) is 21.1. The minimum absolute atomic E-state index is 0.0171. The molecule has 0 spiro atoms. The van der Waals surface area contributed by atoms with Crippen molar-refractivity contribution in [2.75, 3.05) is 19.7 Å². The Morgan fingerprint density at radius 1 is 1.07 bits per heavy atom. The van der Waals surface area contributed by atoms with Crippen LogP contribution in [0.4, 0.5) is 17.6 Å². The van der Waals surface area contributed by atoms with Crippen molar-refractivity contribution in [3.63, 3.8) is 0 Å². The molecule has 4 nitrogen and oxygen atoms in total. The second-order valence-corrected chi connectivity index (χ2v) is 7.05. The second-order valence-electron chi connectivity index (χ2n) is 7.05. The molecular formula is C21H22F4N2O2. The van der Waals surface area contributed by atoms with Crippen LogP contribution in [0.1, 0.15) is 28.8 Å². The second kappa shape index (κ2) is 9.26. The van der Waals surface area contributed by atoms with E-state index in [0.29, 0.717) is 6.54 Å². The SMILES string of the molecule is O=C(NC1CCN(Cc2ccc(OCC(F)(F)F)cc2)CC1)c1ccccc1F. The third-order valence-electron chi connectivity index (χ3n) is 4.77. The third kappa shape index (κ3) is 6.45. The van der Waals surface area contributed by atoms with Crippen LogP contribution in [0.3, 0.4) is 0 Å². The lowest BCUT2D eigenvalue weighted by atomic mass is 10.0. The van der Waals surface area contributed by atoms with E-state index >= 15 is 0 Å². The summed E-state index contributed by atoms with van der Waals surface area (Å²) in [6.45, 7) is 0.870. The molecule has 8 heteroatoms. The van der Waals surface area contributed by atoms with Crippen molar-refractivity contribution < 1.29 is 27.1 Å². The highest BCUT2D eigenvalue weighted by Gasteiger charge is 2.28. The van der Waals surface area contributed by atoms with Crippen molar-refractivity contribution in [1.29, 1.82) is 0 Å². The van der Waals surface area contributed by atoms with Crippen LogP contribution in [0.25, 0.3) is 0 Å². The van der Waals surface area contributed by atoms with E-state index in [1.54, 1.807) is 24.3 Å². The molecule has 2 aromatic rings. The Balaban J connectivity index is 1.44. The first-order chi connectivity index (χ1) is 13.8. The molecule has 0 aliphatic carbocycles. The summed E-state index contributed by atoms with van der Waals surface area (Å²) in [5.41, 5.74) is 1.01. The van der Waals surface area contributed by atoms with Gasteiger partial charge >= 0.3 is 6.18 Å². The van der Waals surface area contributed by atoms with Crippen LogP contribution < -0.4 is 10.1 Å². The number of amides is 1. The number of rotatable bonds is 6. The van der Waals surface area contributed by atoms with Gasteiger partial charge in [0.2, 0.25) is 0 Å². The van der Waals surface area contributed by atoms with E-state index in [4.69, 9.17) is 4.74 Å². The molecule has 1 aliphatic rings. The number of carbonyl (C=O) groups excluding carboxylic acids is 1.